The molecule has 2 N–H and O–H groups in total. The van der Waals surface area contributed by atoms with Crippen LogP contribution in [-0.4, -0.2) is 25.0 Å². The predicted octanol–water partition coefficient (Wildman–Crippen LogP) is 3.49. The number of piperidine rings is 1. The van der Waals surface area contributed by atoms with Crippen LogP contribution in [0, 0.1) is 16.7 Å². The van der Waals surface area contributed by atoms with Crippen LogP contribution in [0.2, 0.25) is 0 Å². The molecule has 0 aromatic rings. The van der Waals surface area contributed by atoms with Gasteiger partial charge in [0.15, 0.2) is 0 Å². The molecule has 3 atom stereocenters. The van der Waals surface area contributed by atoms with Crippen LogP contribution in [0.25, 0.3) is 0 Å². The molecule has 1 aliphatic carbocycles. The first-order valence-corrected chi connectivity index (χ1v) is 8.91. The standard InChI is InChI=1S/C18H34N2O/c1-5-18(11-8-12-19-13-18)16(21)20-15-10-7-6-9-14(15)17(2,3)4/h14-15,19H,5-13H2,1-4H3,(H,20,21). The number of amides is 1. The van der Waals surface area contributed by atoms with Gasteiger partial charge in [-0.15, -0.1) is 0 Å². The number of carbonyl (C=O) groups excluding carboxylic acids is 1. The molecule has 3 nitrogen and oxygen atoms in total. The SMILES string of the molecule is CCC1(C(=O)NC2CCCCC2C(C)(C)C)CCCNC1. The Hall–Kier alpha value is -0.570. The van der Waals surface area contributed by atoms with Crippen molar-refractivity contribution in [3.05, 3.63) is 0 Å². The fourth-order valence-corrected chi connectivity index (χ4v) is 4.29. The van der Waals surface area contributed by atoms with Gasteiger partial charge in [-0.2, -0.15) is 0 Å². The largest absolute Gasteiger partial charge is 0.353 e. The molecule has 2 rings (SSSR count). The molecular weight excluding hydrogens is 260 g/mol. The summed E-state index contributed by atoms with van der Waals surface area (Å²) in [6.45, 7) is 11.0. The molecular formula is C18H34N2O. The summed E-state index contributed by atoms with van der Waals surface area (Å²) in [4.78, 5) is 12.9. The zero-order chi connectivity index (χ0) is 15.5. The lowest BCUT2D eigenvalue weighted by atomic mass is 9.69. The average molecular weight is 294 g/mol. The van der Waals surface area contributed by atoms with Crippen LogP contribution in [0.1, 0.15) is 72.6 Å². The van der Waals surface area contributed by atoms with E-state index in [1.54, 1.807) is 0 Å². The van der Waals surface area contributed by atoms with E-state index in [2.05, 4.69) is 38.3 Å². The van der Waals surface area contributed by atoms with Crippen molar-refractivity contribution >= 4 is 5.91 Å². The second-order valence-corrected chi connectivity index (χ2v) is 8.25. The topological polar surface area (TPSA) is 41.1 Å². The van der Waals surface area contributed by atoms with E-state index in [0.29, 0.717) is 17.9 Å². The van der Waals surface area contributed by atoms with Gasteiger partial charge in [0, 0.05) is 12.6 Å². The minimum absolute atomic E-state index is 0.169. The number of carbonyl (C=O) groups is 1. The molecule has 21 heavy (non-hydrogen) atoms. The summed E-state index contributed by atoms with van der Waals surface area (Å²) in [5.74, 6) is 0.916. The van der Waals surface area contributed by atoms with E-state index >= 15 is 0 Å². The van der Waals surface area contributed by atoms with Crippen LogP contribution in [0.5, 0.6) is 0 Å². The van der Waals surface area contributed by atoms with E-state index < -0.39 is 0 Å². The monoisotopic (exact) mass is 294 g/mol. The second-order valence-electron chi connectivity index (χ2n) is 8.25. The molecule has 0 radical (unpaired) electrons. The zero-order valence-corrected chi connectivity index (χ0v) is 14.4. The van der Waals surface area contributed by atoms with Gasteiger partial charge in [-0.25, -0.2) is 0 Å². The number of hydrogen-bond donors (Lipinski definition) is 2. The van der Waals surface area contributed by atoms with Crippen molar-refractivity contribution in [3.8, 4) is 0 Å². The molecule has 1 aliphatic heterocycles. The summed E-state index contributed by atoms with van der Waals surface area (Å²) < 4.78 is 0. The quantitative estimate of drug-likeness (QED) is 0.836. The maximum Gasteiger partial charge on any atom is 0.227 e. The van der Waals surface area contributed by atoms with Crippen molar-refractivity contribution < 1.29 is 4.79 Å². The van der Waals surface area contributed by atoms with Crippen LogP contribution in [0.15, 0.2) is 0 Å². The van der Waals surface area contributed by atoms with Gasteiger partial charge in [-0.3, -0.25) is 4.79 Å². The Labute approximate surface area is 130 Å². The predicted molar refractivity (Wildman–Crippen MR) is 88.2 cm³/mol. The molecule has 2 fully saturated rings. The Morgan fingerprint density at radius 1 is 1.24 bits per heavy atom. The lowest BCUT2D eigenvalue weighted by molar-refractivity contribution is -0.134. The summed E-state index contributed by atoms with van der Waals surface area (Å²) in [5, 5.41) is 6.88. The molecule has 3 unspecified atom stereocenters. The van der Waals surface area contributed by atoms with E-state index in [1.807, 2.05) is 0 Å². The number of hydrogen-bond acceptors (Lipinski definition) is 2. The molecule has 1 heterocycles. The third kappa shape index (κ3) is 3.80. The average Bonchev–Trinajstić information content (AvgIpc) is 2.47. The van der Waals surface area contributed by atoms with Crippen molar-refractivity contribution in [2.24, 2.45) is 16.7 Å². The first kappa shape index (κ1) is 16.8. The van der Waals surface area contributed by atoms with Gasteiger partial charge in [-0.05, 0) is 50.0 Å². The van der Waals surface area contributed by atoms with Gasteiger partial charge in [0.1, 0.15) is 0 Å². The minimum atomic E-state index is -0.169. The fourth-order valence-electron chi connectivity index (χ4n) is 4.29. The molecule has 1 amide bonds. The van der Waals surface area contributed by atoms with Crippen LogP contribution in [0.4, 0.5) is 0 Å². The highest BCUT2D eigenvalue weighted by molar-refractivity contribution is 5.83. The van der Waals surface area contributed by atoms with Gasteiger partial charge in [-0.1, -0.05) is 40.5 Å². The summed E-state index contributed by atoms with van der Waals surface area (Å²) in [5.41, 5.74) is 0.112. The highest BCUT2D eigenvalue weighted by Gasteiger charge is 2.41. The van der Waals surface area contributed by atoms with Gasteiger partial charge in [0.2, 0.25) is 5.91 Å². The molecule has 122 valence electrons. The third-order valence-corrected chi connectivity index (χ3v) is 5.83. The third-order valence-electron chi connectivity index (χ3n) is 5.83. The van der Waals surface area contributed by atoms with Crippen molar-refractivity contribution in [3.63, 3.8) is 0 Å². The summed E-state index contributed by atoms with van der Waals surface area (Å²) in [6, 6.07) is 0.372. The Balaban J connectivity index is 2.05. The lowest BCUT2D eigenvalue weighted by Gasteiger charge is -2.43. The van der Waals surface area contributed by atoms with Crippen molar-refractivity contribution in [2.75, 3.05) is 13.1 Å². The fraction of sp³-hybridized carbons (Fsp3) is 0.944. The highest BCUT2D eigenvalue weighted by Crippen LogP contribution is 2.39. The van der Waals surface area contributed by atoms with Crippen molar-refractivity contribution in [1.82, 2.24) is 10.6 Å². The lowest BCUT2D eigenvalue weighted by Crippen LogP contribution is -2.55. The second kappa shape index (κ2) is 6.68. The normalized spacial score (nSPS) is 34.5. The Morgan fingerprint density at radius 3 is 2.52 bits per heavy atom. The van der Waals surface area contributed by atoms with E-state index in [9.17, 15) is 4.79 Å². The molecule has 0 spiro atoms. The van der Waals surface area contributed by atoms with E-state index in [-0.39, 0.29) is 10.8 Å². The van der Waals surface area contributed by atoms with Crippen molar-refractivity contribution in [2.45, 2.75) is 78.7 Å². The van der Waals surface area contributed by atoms with E-state index in [0.717, 1.165) is 38.8 Å². The molecule has 2 aliphatic rings. The van der Waals surface area contributed by atoms with E-state index in [1.165, 1.54) is 19.3 Å². The molecule has 0 aromatic carbocycles. The zero-order valence-electron chi connectivity index (χ0n) is 14.4. The molecule has 1 saturated heterocycles. The number of nitrogens with one attached hydrogen (secondary N) is 2. The Morgan fingerprint density at radius 2 is 1.95 bits per heavy atom. The van der Waals surface area contributed by atoms with Crippen LogP contribution < -0.4 is 10.6 Å². The van der Waals surface area contributed by atoms with Crippen LogP contribution in [-0.2, 0) is 4.79 Å². The van der Waals surface area contributed by atoms with Crippen molar-refractivity contribution in [1.29, 1.82) is 0 Å². The molecule has 0 aromatic heterocycles. The van der Waals surface area contributed by atoms with Crippen LogP contribution >= 0.6 is 0 Å². The highest BCUT2D eigenvalue weighted by atomic mass is 16.2. The van der Waals surface area contributed by atoms with Gasteiger partial charge in [0.25, 0.3) is 0 Å². The summed E-state index contributed by atoms with van der Waals surface area (Å²) >= 11 is 0. The molecule has 3 heteroatoms. The smallest absolute Gasteiger partial charge is 0.227 e. The first-order valence-electron chi connectivity index (χ1n) is 8.91. The van der Waals surface area contributed by atoms with E-state index in [4.69, 9.17) is 0 Å². The van der Waals surface area contributed by atoms with Gasteiger partial charge in [0.05, 0.1) is 5.41 Å². The summed E-state index contributed by atoms with van der Waals surface area (Å²) in [7, 11) is 0. The first-order chi connectivity index (χ1) is 9.89. The molecule has 0 bridgehead atoms. The summed E-state index contributed by atoms with van der Waals surface area (Å²) in [6.07, 6.45) is 8.08. The minimum Gasteiger partial charge on any atom is -0.353 e. The Bertz CT molecular complexity index is 353. The maximum atomic E-state index is 12.9. The Kier molecular flexibility index (Phi) is 5.34. The number of rotatable bonds is 3. The van der Waals surface area contributed by atoms with Gasteiger partial charge >= 0.3 is 0 Å². The van der Waals surface area contributed by atoms with Gasteiger partial charge < -0.3 is 10.6 Å². The van der Waals surface area contributed by atoms with Crippen LogP contribution in [0.3, 0.4) is 0 Å². The molecule has 1 saturated carbocycles. The maximum absolute atomic E-state index is 12.9.